The third-order valence-electron chi connectivity index (χ3n) is 3.21. The van der Waals surface area contributed by atoms with Crippen molar-refractivity contribution in [3.63, 3.8) is 0 Å². The van der Waals surface area contributed by atoms with Crippen molar-refractivity contribution >= 4 is 15.9 Å². The Hall–Kier alpha value is -1.24. The number of hydrogen-bond donors (Lipinski definition) is 2. The molecule has 1 aromatic carbocycles. The first kappa shape index (κ1) is 14.2. The zero-order valence-corrected chi connectivity index (χ0v) is 12.2. The molecular formula is C13H16BrN3O2. The fourth-order valence-electron chi connectivity index (χ4n) is 2.09. The first-order valence-corrected chi connectivity index (χ1v) is 6.72. The van der Waals surface area contributed by atoms with Crippen molar-refractivity contribution in [2.45, 2.75) is 11.8 Å². The van der Waals surface area contributed by atoms with Gasteiger partial charge in [0.15, 0.2) is 0 Å². The van der Waals surface area contributed by atoms with Crippen molar-refractivity contribution < 1.29 is 10.2 Å². The molecule has 0 amide bonds. The summed E-state index contributed by atoms with van der Waals surface area (Å²) in [6.45, 7) is -0.312. The number of aliphatic hydroxyl groups is 2. The van der Waals surface area contributed by atoms with Gasteiger partial charge in [-0.2, -0.15) is 0 Å². The van der Waals surface area contributed by atoms with Crippen LogP contribution in [0.1, 0.15) is 11.3 Å². The molecule has 2 aromatic rings. The molecule has 0 aliphatic carbocycles. The van der Waals surface area contributed by atoms with Gasteiger partial charge in [-0.25, -0.2) is 0 Å². The lowest BCUT2D eigenvalue weighted by Gasteiger charge is -2.29. The Kier molecular flexibility index (Phi) is 4.34. The molecule has 0 aliphatic rings. The Morgan fingerprint density at radius 2 is 2.05 bits per heavy atom. The number of nitrogens with zero attached hydrogens (tertiary/aromatic N) is 3. The van der Waals surface area contributed by atoms with Gasteiger partial charge in [0.05, 0.1) is 18.9 Å². The first-order valence-electron chi connectivity index (χ1n) is 5.92. The monoisotopic (exact) mass is 325 g/mol. The van der Waals surface area contributed by atoms with Crippen molar-refractivity contribution in [2.75, 3.05) is 13.2 Å². The maximum atomic E-state index is 9.76. The zero-order valence-electron chi connectivity index (χ0n) is 10.6. The van der Waals surface area contributed by atoms with Gasteiger partial charge < -0.3 is 10.2 Å². The lowest BCUT2D eigenvalue weighted by Crippen LogP contribution is -2.37. The topological polar surface area (TPSA) is 71.2 Å². The van der Waals surface area contributed by atoms with Crippen LogP contribution in [0, 0.1) is 0 Å². The molecule has 6 heteroatoms. The second kappa shape index (κ2) is 5.81. The van der Waals surface area contributed by atoms with E-state index < -0.39 is 5.41 Å². The lowest BCUT2D eigenvalue weighted by atomic mass is 9.78. The largest absolute Gasteiger partial charge is 0.395 e. The Morgan fingerprint density at radius 3 is 2.58 bits per heavy atom. The minimum absolute atomic E-state index is 0.156. The molecular weight excluding hydrogens is 310 g/mol. The summed E-state index contributed by atoms with van der Waals surface area (Å²) in [5.74, 6) is 0. The standard InChI is InChI=1S/C13H16BrN3O2/c1-17-7-12(15-16-17)6-13(8-18,9-19)10-3-2-4-11(14)5-10/h2-5,7,18-19H,6,8-9H2,1H3. The second-order valence-corrected chi connectivity index (χ2v) is 5.58. The van der Waals surface area contributed by atoms with E-state index in [4.69, 9.17) is 0 Å². The number of hydrogen-bond acceptors (Lipinski definition) is 4. The van der Waals surface area contributed by atoms with Crippen molar-refractivity contribution in [3.8, 4) is 0 Å². The van der Waals surface area contributed by atoms with Gasteiger partial charge >= 0.3 is 0 Å². The zero-order chi connectivity index (χ0) is 13.9. The summed E-state index contributed by atoms with van der Waals surface area (Å²) < 4.78 is 2.52. The van der Waals surface area contributed by atoms with Crippen LogP contribution in [0.4, 0.5) is 0 Å². The number of aryl methyl sites for hydroxylation is 1. The third kappa shape index (κ3) is 3.02. The van der Waals surface area contributed by atoms with E-state index in [1.54, 1.807) is 17.9 Å². The van der Waals surface area contributed by atoms with E-state index in [0.29, 0.717) is 6.42 Å². The quantitative estimate of drug-likeness (QED) is 0.861. The van der Waals surface area contributed by atoms with Crippen LogP contribution in [0.2, 0.25) is 0 Å². The molecule has 0 saturated heterocycles. The molecule has 0 bridgehead atoms. The number of halogens is 1. The van der Waals surface area contributed by atoms with Crippen LogP contribution in [-0.4, -0.2) is 38.4 Å². The molecule has 0 saturated carbocycles. The molecule has 5 nitrogen and oxygen atoms in total. The van der Waals surface area contributed by atoms with E-state index in [-0.39, 0.29) is 13.2 Å². The highest BCUT2D eigenvalue weighted by atomic mass is 79.9. The lowest BCUT2D eigenvalue weighted by molar-refractivity contribution is 0.115. The van der Waals surface area contributed by atoms with Gasteiger partial charge in [-0.3, -0.25) is 4.68 Å². The number of rotatable bonds is 5. The number of aromatic nitrogens is 3. The SMILES string of the molecule is Cn1cc(CC(CO)(CO)c2cccc(Br)c2)nn1. The molecule has 0 spiro atoms. The van der Waals surface area contributed by atoms with E-state index in [0.717, 1.165) is 15.7 Å². The summed E-state index contributed by atoms with van der Waals surface area (Å²) in [5, 5.41) is 27.4. The van der Waals surface area contributed by atoms with E-state index in [9.17, 15) is 10.2 Å². The summed E-state index contributed by atoms with van der Waals surface area (Å²) >= 11 is 3.41. The molecule has 1 aromatic heterocycles. The van der Waals surface area contributed by atoms with Crippen LogP contribution < -0.4 is 0 Å². The predicted octanol–water partition coefficient (Wildman–Crippen LogP) is 1.04. The summed E-state index contributed by atoms with van der Waals surface area (Å²) in [6.07, 6.45) is 2.22. The van der Waals surface area contributed by atoms with Crippen LogP contribution >= 0.6 is 15.9 Å². The summed E-state index contributed by atoms with van der Waals surface area (Å²) in [6, 6.07) is 7.60. The highest BCUT2D eigenvalue weighted by molar-refractivity contribution is 9.10. The minimum atomic E-state index is -0.750. The second-order valence-electron chi connectivity index (χ2n) is 4.67. The third-order valence-corrected chi connectivity index (χ3v) is 3.71. The Labute approximate surface area is 120 Å². The fourth-order valence-corrected chi connectivity index (χ4v) is 2.49. The van der Waals surface area contributed by atoms with Gasteiger partial charge in [0.25, 0.3) is 0 Å². The highest BCUT2D eigenvalue weighted by Gasteiger charge is 2.32. The van der Waals surface area contributed by atoms with Gasteiger partial charge in [-0.05, 0) is 17.7 Å². The predicted molar refractivity (Wildman–Crippen MR) is 74.7 cm³/mol. The minimum Gasteiger partial charge on any atom is -0.395 e. The average Bonchev–Trinajstić information content (AvgIpc) is 2.81. The van der Waals surface area contributed by atoms with Crippen molar-refractivity contribution in [1.82, 2.24) is 15.0 Å². The fraction of sp³-hybridized carbons (Fsp3) is 0.385. The van der Waals surface area contributed by atoms with Crippen LogP contribution in [0.25, 0.3) is 0 Å². The maximum Gasteiger partial charge on any atom is 0.0837 e. The average molecular weight is 326 g/mol. The molecule has 0 aliphatic heterocycles. The van der Waals surface area contributed by atoms with E-state index in [2.05, 4.69) is 26.2 Å². The molecule has 19 heavy (non-hydrogen) atoms. The van der Waals surface area contributed by atoms with E-state index >= 15 is 0 Å². The molecule has 0 radical (unpaired) electrons. The number of aliphatic hydroxyl groups excluding tert-OH is 2. The molecule has 0 fully saturated rings. The highest BCUT2D eigenvalue weighted by Crippen LogP contribution is 2.29. The summed E-state index contributed by atoms with van der Waals surface area (Å²) in [5.41, 5.74) is 0.864. The smallest absolute Gasteiger partial charge is 0.0837 e. The van der Waals surface area contributed by atoms with E-state index in [1.807, 2.05) is 24.3 Å². The summed E-state index contributed by atoms with van der Waals surface area (Å²) in [4.78, 5) is 0. The van der Waals surface area contributed by atoms with Gasteiger partial charge in [0.1, 0.15) is 0 Å². The normalized spacial score (nSPS) is 11.8. The van der Waals surface area contributed by atoms with Crippen molar-refractivity contribution in [2.24, 2.45) is 7.05 Å². The molecule has 0 atom stereocenters. The van der Waals surface area contributed by atoms with Crippen LogP contribution in [0.5, 0.6) is 0 Å². The van der Waals surface area contributed by atoms with Crippen LogP contribution in [0.15, 0.2) is 34.9 Å². The molecule has 2 rings (SSSR count). The molecule has 2 N–H and O–H groups in total. The van der Waals surface area contributed by atoms with E-state index in [1.165, 1.54) is 0 Å². The van der Waals surface area contributed by atoms with Gasteiger partial charge in [0.2, 0.25) is 0 Å². The summed E-state index contributed by atoms with van der Waals surface area (Å²) in [7, 11) is 1.79. The molecule has 102 valence electrons. The van der Waals surface area contributed by atoms with Gasteiger partial charge in [0, 0.05) is 29.6 Å². The Bertz CT molecular complexity index is 552. The molecule has 1 heterocycles. The maximum absolute atomic E-state index is 9.76. The first-order chi connectivity index (χ1) is 9.09. The van der Waals surface area contributed by atoms with Crippen LogP contribution in [-0.2, 0) is 18.9 Å². The van der Waals surface area contributed by atoms with Crippen LogP contribution in [0.3, 0.4) is 0 Å². The van der Waals surface area contributed by atoms with Gasteiger partial charge in [-0.15, -0.1) is 5.10 Å². The van der Waals surface area contributed by atoms with Crippen molar-refractivity contribution in [1.29, 1.82) is 0 Å². The van der Waals surface area contributed by atoms with Crippen molar-refractivity contribution in [3.05, 3.63) is 46.2 Å². The number of benzene rings is 1. The molecule has 0 unspecified atom stereocenters. The van der Waals surface area contributed by atoms with Gasteiger partial charge in [-0.1, -0.05) is 33.3 Å². The Morgan fingerprint density at radius 1 is 1.32 bits per heavy atom. The Balaban J connectivity index is 2.37.